The van der Waals surface area contributed by atoms with Gasteiger partial charge in [-0.25, -0.2) is 0 Å². The molecule has 3 rings (SSSR count). The number of halogens is 1. The summed E-state index contributed by atoms with van der Waals surface area (Å²) in [6, 6.07) is 10.1. The number of rotatable bonds is 3. The van der Waals surface area contributed by atoms with E-state index in [9.17, 15) is 0 Å². The Hall–Kier alpha value is -0.570. The zero-order valence-electron chi connectivity index (χ0n) is 10.9. The molecular formula is C15H21ClN2. The predicted octanol–water partition coefficient (Wildman–Crippen LogP) is 3.23. The van der Waals surface area contributed by atoms with E-state index < -0.39 is 0 Å². The van der Waals surface area contributed by atoms with Crippen LogP contribution in [0, 0.1) is 0 Å². The van der Waals surface area contributed by atoms with Crippen LogP contribution in [0.1, 0.15) is 37.8 Å². The largest absolute Gasteiger partial charge is 0.306 e. The molecule has 2 aliphatic heterocycles. The Morgan fingerprint density at radius 3 is 2.78 bits per heavy atom. The number of nitrogens with one attached hydrogen (secondary N) is 1. The maximum atomic E-state index is 5.93. The lowest BCUT2D eigenvalue weighted by Crippen LogP contribution is -2.40. The lowest BCUT2D eigenvalue weighted by atomic mass is 10.0. The van der Waals surface area contributed by atoms with Gasteiger partial charge in [0.05, 0.1) is 0 Å². The molecule has 1 aromatic carbocycles. The number of hydrogen-bond donors (Lipinski definition) is 1. The van der Waals surface area contributed by atoms with Crippen molar-refractivity contribution >= 4 is 11.6 Å². The van der Waals surface area contributed by atoms with Gasteiger partial charge >= 0.3 is 0 Å². The Labute approximate surface area is 114 Å². The highest BCUT2D eigenvalue weighted by atomic mass is 35.5. The first-order valence-corrected chi connectivity index (χ1v) is 7.37. The first kappa shape index (κ1) is 12.5. The highest BCUT2D eigenvalue weighted by Crippen LogP contribution is 2.29. The minimum Gasteiger partial charge on any atom is -0.306 e. The fraction of sp³-hybridized carbons (Fsp3) is 0.600. The van der Waals surface area contributed by atoms with E-state index in [0.29, 0.717) is 12.1 Å². The second-order valence-electron chi connectivity index (χ2n) is 5.58. The number of hydrogen-bond acceptors (Lipinski definition) is 2. The maximum Gasteiger partial charge on any atom is 0.0406 e. The van der Waals surface area contributed by atoms with Gasteiger partial charge in [-0.2, -0.15) is 0 Å². The molecular weight excluding hydrogens is 244 g/mol. The number of fused-ring (bicyclic) bond motifs is 1. The van der Waals surface area contributed by atoms with Crippen molar-refractivity contribution in [3.05, 3.63) is 34.9 Å². The summed E-state index contributed by atoms with van der Waals surface area (Å²) in [5.41, 5.74) is 1.33. The van der Waals surface area contributed by atoms with Crippen LogP contribution < -0.4 is 5.32 Å². The van der Waals surface area contributed by atoms with Gasteiger partial charge in [0.2, 0.25) is 0 Å². The van der Waals surface area contributed by atoms with Crippen LogP contribution in [0.15, 0.2) is 24.3 Å². The van der Waals surface area contributed by atoms with Crippen molar-refractivity contribution < 1.29 is 0 Å². The van der Waals surface area contributed by atoms with Crippen LogP contribution in [-0.4, -0.2) is 30.1 Å². The zero-order chi connectivity index (χ0) is 12.5. The average molecular weight is 265 g/mol. The average Bonchev–Trinajstić information content (AvgIpc) is 2.95. The maximum absolute atomic E-state index is 5.93. The summed E-state index contributed by atoms with van der Waals surface area (Å²) in [6.07, 6.45) is 4.03. The van der Waals surface area contributed by atoms with Crippen molar-refractivity contribution in [2.24, 2.45) is 0 Å². The number of benzene rings is 1. The van der Waals surface area contributed by atoms with E-state index in [2.05, 4.69) is 29.3 Å². The SMILES string of the molecule is C[C@@H](NC1CCN2CCCC12)c1ccc(Cl)cc1. The van der Waals surface area contributed by atoms with Gasteiger partial charge in [-0.15, -0.1) is 0 Å². The van der Waals surface area contributed by atoms with E-state index >= 15 is 0 Å². The molecule has 2 saturated heterocycles. The Morgan fingerprint density at radius 1 is 1.22 bits per heavy atom. The van der Waals surface area contributed by atoms with Crippen molar-refractivity contribution in [2.45, 2.75) is 44.3 Å². The lowest BCUT2D eigenvalue weighted by Gasteiger charge is -2.25. The monoisotopic (exact) mass is 264 g/mol. The smallest absolute Gasteiger partial charge is 0.0406 e. The van der Waals surface area contributed by atoms with Gasteiger partial charge in [0.1, 0.15) is 0 Å². The van der Waals surface area contributed by atoms with E-state index in [1.165, 1.54) is 37.9 Å². The summed E-state index contributed by atoms with van der Waals surface area (Å²) in [7, 11) is 0. The van der Waals surface area contributed by atoms with E-state index in [0.717, 1.165) is 11.1 Å². The minimum absolute atomic E-state index is 0.410. The van der Waals surface area contributed by atoms with Gasteiger partial charge < -0.3 is 5.32 Å². The summed E-state index contributed by atoms with van der Waals surface area (Å²) >= 11 is 5.93. The number of nitrogens with zero attached hydrogens (tertiary/aromatic N) is 1. The van der Waals surface area contributed by atoms with Crippen LogP contribution in [0.4, 0.5) is 0 Å². The molecule has 98 valence electrons. The van der Waals surface area contributed by atoms with E-state index in [4.69, 9.17) is 11.6 Å². The van der Waals surface area contributed by atoms with E-state index in [-0.39, 0.29) is 0 Å². The molecule has 3 atom stereocenters. The molecule has 2 aliphatic rings. The summed E-state index contributed by atoms with van der Waals surface area (Å²) in [5.74, 6) is 0. The third kappa shape index (κ3) is 2.42. The second-order valence-corrected chi connectivity index (χ2v) is 6.02. The summed E-state index contributed by atoms with van der Waals surface area (Å²) in [4.78, 5) is 2.65. The van der Waals surface area contributed by atoms with Crippen molar-refractivity contribution in [3.63, 3.8) is 0 Å². The Balaban J connectivity index is 1.64. The molecule has 1 N–H and O–H groups in total. The van der Waals surface area contributed by atoms with Gasteiger partial charge in [0.25, 0.3) is 0 Å². The Bertz CT molecular complexity index is 403. The fourth-order valence-electron chi connectivity index (χ4n) is 3.45. The third-order valence-electron chi connectivity index (χ3n) is 4.44. The highest BCUT2D eigenvalue weighted by Gasteiger charge is 2.37. The fourth-order valence-corrected chi connectivity index (χ4v) is 3.57. The van der Waals surface area contributed by atoms with Crippen molar-refractivity contribution in [2.75, 3.05) is 13.1 Å². The Kier molecular flexibility index (Phi) is 3.60. The molecule has 0 spiro atoms. The highest BCUT2D eigenvalue weighted by molar-refractivity contribution is 6.30. The van der Waals surface area contributed by atoms with E-state index in [1.807, 2.05) is 12.1 Å². The molecule has 2 unspecified atom stereocenters. The summed E-state index contributed by atoms with van der Waals surface area (Å²) < 4.78 is 0. The van der Waals surface area contributed by atoms with Gasteiger partial charge in [0, 0.05) is 29.7 Å². The molecule has 1 aromatic rings. The molecule has 2 nitrogen and oxygen atoms in total. The molecule has 2 fully saturated rings. The molecule has 0 amide bonds. The van der Waals surface area contributed by atoms with Crippen LogP contribution in [0.3, 0.4) is 0 Å². The molecule has 0 radical (unpaired) electrons. The zero-order valence-corrected chi connectivity index (χ0v) is 11.7. The third-order valence-corrected chi connectivity index (χ3v) is 4.69. The van der Waals surface area contributed by atoms with Crippen LogP contribution in [0.2, 0.25) is 5.02 Å². The predicted molar refractivity (Wildman–Crippen MR) is 76.0 cm³/mol. The molecule has 2 heterocycles. The van der Waals surface area contributed by atoms with Gasteiger partial charge in [0.15, 0.2) is 0 Å². The topological polar surface area (TPSA) is 15.3 Å². The first-order chi connectivity index (χ1) is 8.74. The molecule has 3 heteroatoms. The normalized spacial score (nSPS) is 29.4. The van der Waals surface area contributed by atoms with Crippen LogP contribution >= 0.6 is 11.6 Å². The van der Waals surface area contributed by atoms with Crippen LogP contribution in [-0.2, 0) is 0 Å². The van der Waals surface area contributed by atoms with Crippen LogP contribution in [0.25, 0.3) is 0 Å². The summed E-state index contributed by atoms with van der Waals surface area (Å²) in [6.45, 7) is 4.83. The summed E-state index contributed by atoms with van der Waals surface area (Å²) in [5, 5.41) is 4.61. The van der Waals surface area contributed by atoms with Gasteiger partial charge in [-0.05, 0) is 50.4 Å². The minimum atomic E-state index is 0.410. The second kappa shape index (κ2) is 5.20. The first-order valence-electron chi connectivity index (χ1n) is 6.99. The van der Waals surface area contributed by atoms with Crippen LogP contribution in [0.5, 0.6) is 0 Å². The van der Waals surface area contributed by atoms with Crippen molar-refractivity contribution in [1.29, 1.82) is 0 Å². The molecule has 18 heavy (non-hydrogen) atoms. The van der Waals surface area contributed by atoms with E-state index in [1.54, 1.807) is 0 Å². The lowest BCUT2D eigenvalue weighted by molar-refractivity contribution is 0.291. The molecule has 0 aliphatic carbocycles. The molecule has 0 aromatic heterocycles. The quantitative estimate of drug-likeness (QED) is 0.902. The van der Waals surface area contributed by atoms with Crippen molar-refractivity contribution in [1.82, 2.24) is 10.2 Å². The van der Waals surface area contributed by atoms with Crippen molar-refractivity contribution in [3.8, 4) is 0 Å². The standard InChI is InChI=1S/C15H21ClN2/c1-11(12-4-6-13(16)7-5-12)17-14-8-10-18-9-2-3-15(14)18/h4-7,11,14-15,17H,2-3,8-10H2,1H3/t11-,14?,15?/m1/s1. The van der Waals surface area contributed by atoms with Gasteiger partial charge in [-0.1, -0.05) is 23.7 Å². The van der Waals surface area contributed by atoms with Gasteiger partial charge in [-0.3, -0.25) is 4.90 Å². The Morgan fingerprint density at radius 2 is 2.00 bits per heavy atom. The molecule has 0 saturated carbocycles. The molecule has 0 bridgehead atoms.